The van der Waals surface area contributed by atoms with Gasteiger partial charge in [-0.05, 0) is 39.4 Å². The summed E-state index contributed by atoms with van der Waals surface area (Å²) in [5.41, 5.74) is 0. The average Bonchev–Trinajstić information content (AvgIpc) is 2.49. The number of hydrogen-bond acceptors (Lipinski definition) is 4. The lowest BCUT2D eigenvalue weighted by Gasteiger charge is -2.34. The maximum absolute atomic E-state index is 12.5. The molecule has 1 aliphatic heterocycles. The Morgan fingerprint density at radius 2 is 2.00 bits per heavy atom. The molecule has 0 radical (unpaired) electrons. The molecule has 0 aromatic carbocycles. The van der Waals surface area contributed by atoms with Crippen molar-refractivity contribution in [2.24, 2.45) is 10.9 Å². The first kappa shape index (κ1) is 18.7. The minimum Gasteiger partial charge on any atom is -0.334 e. The highest BCUT2D eigenvalue weighted by Crippen LogP contribution is 2.14. The molecule has 0 aromatic heterocycles. The summed E-state index contributed by atoms with van der Waals surface area (Å²) in [5, 5.41) is 2.79. The molecule has 1 aliphatic rings. The van der Waals surface area contributed by atoms with E-state index in [9.17, 15) is 9.59 Å². The molecule has 0 saturated carbocycles. The molecule has 2 amide bonds. The van der Waals surface area contributed by atoms with Gasteiger partial charge >= 0.3 is 0 Å². The van der Waals surface area contributed by atoms with Crippen molar-refractivity contribution in [2.45, 2.75) is 40.2 Å². The van der Waals surface area contributed by atoms with Gasteiger partial charge in [-0.25, -0.2) is 0 Å². The fourth-order valence-electron chi connectivity index (χ4n) is 2.34. The molecule has 0 aromatic rings. The predicted octanol–water partition coefficient (Wildman–Crippen LogP) is -0.360. The zero-order chi connectivity index (χ0) is 16.7. The van der Waals surface area contributed by atoms with Crippen LogP contribution >= 0.6 is 12.2 Å². The Bertz CT molecular complexity index is 449. The number of amides is 2. The second-order valence-corrected chi connectivity index (χ2v) is 5.89. The van der Waals surface area contributed by atoms with Gasteiger partial charge in [0, 0.05) is 12.3 Å². The maximum atomic E-state index is 12.5. The number of aliphatic imine (C=N–C) groups is 1. The van der Waals surface area contributed by atoms with E-state index in [0.29, 0.717) is 6.54 Å². The maximum Gasteiger partial charge on any atom is 0.247 e. The van der Waals surface area contributed by atoms with Gasteiger partial charge in [0.15, 0.2) is 11.0 Å². The highest BCUT2D eigenvalue weighted by Gasteiger charge is 2.39. The lowest BCUT2D eigenvalue weighted by Crippen LogP contribution is -3.11. The second kappa shape index (κ2) is 8.95. The number of rotatable bonds is 8. The summed E-state index contributed by atoms with van der Waals surface area (Å²) in [6, 6.07) is -0.0309. The van der Waals surface area contributed by atoms with Gasteiger partial charge in [0.05, 0.1) is 26.2 Å². The third-order valence-corrected chi connectivity index (χ3v) is 4.41. The first-order valence-corrected chi connectivity index (χ1v) is 8.38. The number of carbonyl (C=O) groups excluding carboxylic acids is 2. The number of nitrogens with zero attached hydrogens (tertiary/aromatic N) is 2. The topological polar surface area (TPSA) is 66.2 Å². The Labute approximate surface area is 137 Å². The van der Waals surface area contributed by atoms with Crippen LogP contribution in [0, 0.1) is 5.92 Å². The van der Waals surface area contributed by atoms with Crippen molar-refractivity contribution in [2.75, 3.05) is 26.2 Å². The normalized spacial score (nSPS) is 20.9. The standard InChI is InChI=1S/C15H26N4O2S/c1-5-11(4)19-14(21)12(13(20)17-15(19)22)10-16-8-9-18(6-2)7-3/h10-12H,5-9H2,1-4H3,(H,17,20,22)/p+1/t11-,12+/m1/s1. The van der Waals surface area contributed by atoms with Crippen LogP contribution in [-0.2, 0) is 9.59 Å². The molecule has 0 bridgehead atoms. The Balaban J connectivity index is 2.70. The quantitative estimate of drug-likeness (QED) is 0.363. The highest BCUT2D eigenvalue weighted by molar-refractivity contribution is 7.80. The molecule has 1 fully saturated rings. The van der Waals surface area contributed by atoms with Crippen LogP contribution in [-0.4, -0.2) is 60.3 Å². The summed E-state index contributed by atoms with van der Waals surface area (Å²) in [5.74, 6) is -1.53. The van der Waals surface area contributed by atoms with Gasteiger partial charge in [0.1, 0.15) is 0 Å². The number of thiocarbonyl (C=S) groups is 1. The van der Waals surface area contributed by atoms with Crippen LogP contribution in [0.3, 0.4) is 0 Å². The number of likely N-dealkylation sites (N-methyl/N-ethyl adjacent to an activating group) is 1. The lowest BCUT2D eigenvalue weighted by molar-refractivity contribution is -0.894. The van der Waals surface area contributed by atoms with Gasteiger partial charge in [-0.15, -0.1) is 0 Å². The fourth-order valence-corrected chi connectivity index (χ4v) is 2.71. The number of hydrogen-bond donors (Lipinski definition) is 2. The molecule has 124 valence electrons. The van der Waals surface area contributed by atoms with E-state index < -0.39 is 5.92 Å². The predicted molar refractivity (Wildman–Crippen MR) is 91.1 cm³/mol. The molecular formula is C15H27N4O2S+. The summed E-state index contributed by atoms with van der Waals surface area (Å²) in [6.45, 7) is 11.8. The molecule has 2 N–H and O–H groups in total. The van der Waals surface area contributed by atoms with Gasteiger partial charge in [-0.2, -0.15) is 0 Å². The van der Waals surface area contributed by atoms with Crippen LogP contribution in [0.2, 0.25) is 0 Å². The molecule has 0 aliphatic carbocycles. The smallest absolute Gasteiger partial charge is 0.247 e. The third kappa shape index (κ3) is 4.58. The van der Waals surface area contributed by atoms with Crippen molar-refractivity contribution in [1.29, 1.82) is 0 Å². The molecule has 7 heteroatoms. The molecule has 22 heavy (non-hydrogen) atoms. The SMILES string of the molecule is CC[C@@H](C)N1C(=O)[C@@H](C=NCC[NH+](CC)CC)C(=O)NC1=S. The summed E-state index contributed by atoms with van der Waals surface area (Å²) < 4.78 is 0. The van der Waals surface area contributed by atoms with Gasteiger partial charge in [-0.3, -0.25) is 19.5 Å². The van der Waals surface area contributed by atoms with Crippen molar-refractivity contribution in [3.8, 4) is 0 Å². The first-order chi connectivity index (χ1) is 10.5. The van der Waals surface area contributed by atoms with E-state index in [-0.39, 0.29) is 23.0 Å². The molecule has 1 rings (SSSR count). The van der Waals surface area contributed by atoms with E-state index in [1.165, 1.54) is 16.0 Å². The van der Waals surface area contributed by atoms with Gasteiger partial charge in [-0.1, -0.05) is 6.92 Å². The van der Waals surface area contributed by atoms with Crippen molar-refractivity contribution >= 4 is 35.4 Å². The van der Waals surface area contributed by atoms with E-state index in [0.717, 1.165) is 26.1 Å². The molecule has 1 heterocycles. The van der Waals surface area contributed by atoms with E-state index in [2.05, 4.69) is 24.2 Å². The molecule has 0 unspecified atom stereocenters. The van der Waals surface area contributed by atoms with Crippen LogP contribution < -0.4 is 10.2 Å². The van der Waals surface area contributed by atoms with Gasteiger partial charge in [0.25, 0.3) is 0 Å². The minimum absolute atomic E-state index is 0.0309. The van der Waals surface area contributed by atoms with Crippen LogP contribution in [0.25, 0.3) is 0 Å². The minimum atomic E-state index is -0.868. The Morgan fingerprint density at radius 1 is 1.36 bits per heavy atom. The van der Waals surface area contributed by atoms with Crippen LogP contribution in [0.4, 0.5) is 0 Å². The Hall–Kier alpha value is -1.34. The molecule has 0 spiro atoms. The van der Waals surface area contributed by atoms with E-state index in [1.807, 2.05) is 13.8 Å². The van der Waals surface area contributed by atoms with E-state index >= 15 is 0 Å². The lowest BCUT2D eigenvalue weighted by atomic mass is 10.0. The van der Waals surface area contributed by atoms with Crippen molar-refractivity contribution in [3.05, 3.63) is 0 Å². The van der Waals surface area contributed by atoms with Crippen LogP contribution in [0.5, 0.6) is 0 Å². The zero-order valence-electron chi connectivity index (χ0n) is 13.9. The van der Waals surface area contributed by atoms with E-state index in [1.54, 1.807) is 0 Å². The van der Waals surface area contributed by atoms with Crippen molar-refractivity contribution < 1.29 is 14.5 Å². The van der Waals surface area contributed by atoms with Crippen LogP contribution in [0.15, 0.2) is 4.99 Å². The fraction of sp³-hybridized carbons (Fsp3) is 0.733. The number of quaternary nitrogens is 1. The third-order valence-electron chi connectivity index (χ3n) is 4.12. The Kier molecular flexibility index (Phi) is 7.61. The monoisotopic (exact) mass is 327 g/mol. The van der Waals surface area contributed by atoms with Gasteiger partial charge in [0.2, 0.25) is 11.8 Å². The average molecular weight is 327 g/mol. The van der Waals surface area contributed by atoms with Crippen molar-refractivity contribution in [3.63, 3.8) is 0 Å². The van der Waals surface area contributed by atoms with Crippen molar-refractivity contribution in [1.82, 2.24) is 10.2 Å². The second-order valence-electron chi connectivity index (χ2n) is 5.50. The summed E-state index contributed by atoms with van der Waals surface area (Å²) in [6.07, 6.45) is 2.24. The molecule has 2 atom stereocenters. The molecular weight excluding hydrogens is 300 g/mol. The van der Waals surface area contributed by atoms with E-state index in [4.69, 9.17) is 12.2 Å². The zero-order valence-corrected chi connectivity index (χ0v) is 14.7. The summed E-state index contributed by atoms with van der Waals surface area (Å²) >= 11 is 5.10. The summed E-state index contributed by atoms with van der Waals surface area (Å²) in [7, 11) is 0. The first-order valence-electron chi connectivity index (χ1n) is 7.97. The number of carbonyl (C=O) groups is 2. The molecule has 1 saturated heterocycles. The number of nitrogens with one attached hydrogen (secondary N) is 2. The Morgan fingerprint density at radius 3 is 2.55 bits per heavy atom. The van der Waals surface area contributed by atoms with Crippen LogP contribution in [0.1, 0.15) is 34.1 Å². The summed E-state index contributed by atoms with van der Waals surface area (Å²) in [4.78, 5) is 31.6. The highest BCUT2D eigenvalue weighted by atomic mass is 32.1. The largest absolute Gasteiger partial charge is 0.334 e. The van der Waals surface area contributed by atoms with Gasteiger partial charge < -0.3 is 10.2 Å². The molecule has 6 nitrogen and oxygen atoms in total.